The van der Waals surface area contributed by atoms with Gasteiger partial charge >= 0.3 is 5.97 Å². The van der Waals surface area contributed by atoms with Gasteiger partial charge in [-0.1, -0.05) is 13.3 Å². The number of carboxylic acid groups (broad SMARTS) is 1. The summed E-state index contributed by atoms with van der Waals surface area (Å²) in [6.45, 7) is 2.46. The van der Waals surface area contributed by atoms with Crippen LogP contribution in [-0.4, -0.2) is 34.9 Å². The molecule has 0 aromatic carbocycles. The highest BCUT2D eigenvalue weighted by Crippen LogP contribution is 2.24. The Morgan fingerprint density at radius 1 is 1.57 bits per heavy atom. The molecule has 1 saturated carbocycles. The van der Waals surface area contributed by atoms with Gasteiger partial charge < -0.3 is 15.5 Å². The second-order valence-corrected chi connectivity index (χ2v) is 3.97. The number of hydrogen-bond donors (Lipinski definition) is 3. The van der Waals surface area contributed by atoms with E-state index in [9.17, 15) is 9.90 Å². The summed E-state index contributed by atoms with van der Waals surface area (Å²) in [6.07, 6.45) is 3.25. The zero-order valence-electron chi connectivity index (χ0n) is 8.57. The fourth-order valence-corrected chi connectivity index (χ4v) is 1.96. The second-order valence-electron chi connectivity index (χ2n) is 3.97. The fraction of sp³-hybridized carbons (Fsp3) is 0.900. The molecule has 3 N–H and O–H groups in total. The molecular formula is C10H19NO3. The van der Waals surface area contributed by atoms with Gasteiger partial charge in [-0.25, -0.2) is 0 Å². The smallest absolute Gasteiger partial charge is 0.320 e. The molecule has 4 nitrogen and oxygen atoms in total. The molecule has 82 valence electrons. The van der Waals surface area contributed by atoms with Crippen molar-refractivity contribution in [2.45, 2.75) is 44.8 Å². The number of rotatable bonds is 5. The van der Waals surface area contributed by atoms with Crippen LogP contribution in [0, 0.1) is 5.92 Å². The lowest BCUT2D eigenvalue weighted by Crippen LogP contribution is -2.40. The number of aliphatic carboxylic acids is 1. The Kier molecular flexibility index (Phi) is 4.35. The van der Waals surface area contributed by atoms with E-state index >= 15 is 0 Å². The summed E-state index contributed by atoms with van der Waals surface area (Å²) >= 11 is 0. The monoisotopic (exact) mass is 201 g/mol. The molecule has 1 fully saturated rings. The molecule has 0 heterocycles. The lowest BCUT2D eigenvalue weighted by Gasteiger charge is -2.18. The predicted molar refractivity (Wildman–Crippen MR) is 53.1 cm³/mol. The van der Waals surface area contributed by atoms with E-state index in [0.717, 1.165) is 19.3 Å². The Bertz CT molecular complexity index is 196. The number of aliphatic hydroxyl groups is 1. The molecule has 0 saturated heterocycles. The molecule has 1 aliphatic carbocycles. The summed E-state index contributed by atoms with van der Waals surface area (Å²) in [7, 11) is 0. The number of carboxylic acids is 1. The van der Waals surface area contributed by atoms with Crippen LogP contribution in [0.1, 0.15) is 32.6 Å². The molecule has 4 heteroatoms. The van der Waals surface area contributed by atoms with E-state index in [-0.39, 0.29) is 12.0 Å². The third kappa shape index (κ3) is 2.96. The van der Waals surface area contributed by atoms with Gasteiger partial charge in [0.2, 0.25) is 0 Å². The van der Waals surface area contributed by atoms with Gasteiger partial charge in [0, 0.05) is 6.54 Å². The summed E-state index contributed by atoms with van der Waals surface area (Å²) in [5.41, 5.74) is 0. The van der Waals surface area contributed by atoms with Gasteiger partial charge in [-0.05, 0) is 25.2 Å². The van der Waals surface area contributed by atoms with Crippen LogP contribution >= 0.6 is 0 Å². The minimum Gasteiger partial charge on any atom is -0.480 e. The van der Waals surface area contributed by atoms with Gasteiger partial charge in [0.1, 0.15) is 6.04 Å². The van der Waals surface area contributed by atoms with Crippen LogP contribution in [0.4, 0.5) is 0 Å². The lowest BCUT2D eigenvalue weighted by molar-refractivity contribution is -0.139. The van der Waals surface area contributed by atoms with Crippen LogP contribution in [0.5, 0.6) is 0 Å². The van der Waals surface area contributed by atoms with E-state index in [0.29, 0.717) is 13.0 Å². The normalized spacial score (nSPS) is 29.0. The average Bonchev–Trinajstić information content (AvgIpc) is 2.52. The highest BCUT2D eigenvalue weighted by Gasteiger charge is 2.26. The molecule has 3 atom stereocenters. The summed E-state index contributed by atoms with van der Waals surface area (Å²) < 4.78 is 0. The van der Waals surface area contributed by atoms with Crippen molar-refractivity contribution in [1.82, 2.24) is 5.32 Å². The van der Waals surface area contributed by atoms with Crippen LogP contribution in [0.2, 0.25) is 0 Å². The molecule has 1 aliphatic rings. The standard InChI is InChI=1S/C10H19NO3/c1-2-8(10(13)14)11-6-7-4-3-5-9(7)12/h7-9,11-12H,2-6H2,1H3,(H,13,14). The predicted octanol–water partition coefficient (Wildman–Crippen LogP) is 0.600. The molecule has 0 amide bonds. The Morgan fingerprint density at radius 2 is 2.29 bits per heavy atom. The number of carbonyl (C=O) groups is 1. The molecule has 0 aliphatic heterocycles. The molecule has 0 radical (unpaired) electrons. The second kappa shape index (κ2) is 5.32. The van der Waals surface area contributed by atoms with Gasteiger partial charge in [0.25, 0.3) is 0 Å². The van der Waals surface area contributed by atoms with Gasteiger partial charge in [-0.3, -0.25) is 4.79 Å². The van der Waals surface area contributed by atoms with Crippen molar-refractivity contribution in [3.05, 3.63) is 0 Å². The first-order chi connectivity index (χ1) is 6.65. The van der Waals surface area contributed by atoms with E-state index in [4.69, 9.17) is 5.11 Å². The molecule has 14 heavy (non-hydrogen) atoms. The number of aliphatic hydroxyl groups excluding tert-OH is 1. The Hall–Kier alpha value is -0.610. The minimum absolute atomic E-state index is 0.239. The molecule has 3 unspecified atom stereocenters. The summed E-state index contributed by atoms with van der Waals surface area (Å²) in [6, 6.07) is -0.470. The van der Waals surface area contributed by atoms with Crippen molar-refractivity contribution >= 4 is 5.97 Å². The quantitative estimate of drug-likeness (QED) is 0.609. The maximum atomic E-state index is 10.7. The summed E-state index contributed by atoms with van der Waals surface area (Å²) in [5.74, 6) is -0.566. The van der Waals surface area contributed by atoms with Crippen molar-refractivity contribution in [2.75, 3.05) is 6.54 Å². The molecule has 0 aromatic heterocycles. The van der Waals surface area contributed by atoms with Gasteiger partial charge in [0.05, 0.1) is 6.10 Å². The Labute approximate surface area is 84.3 Å². The van der Waals surface area contributed by atoms with Crippen LogP contribution in [0.3, 0.4) is 0 Å². The summed E-state index contributed by atoms with van der Waals surface area (Å²) in [4.78, 5) is 10.7. The SMILES string of the molecule is CCC(NCC1CCCC1O)C(=O)O. The van der Waals surface area contributed by atoms with E-state index < -0.39 is 12.0 Å². The minimum atomic E-state index is -0.806. The van der Waals surface area contributed by atoms with Crippen molar-refractivity contribution in [3.8, 4) is 0 Å². The molecule has 0 spiro atoms. The first-order valence-corrected chi connectivity index (χ1v) is 5.29. The van der Waals surface area contributed by atoms with Crippen molar-refractivity contribution in [3.63, 3.8) is 0 Å². The fourth-order valence-electron chi connectivity index (χ4n) is 1.96. The van der Waals surface area contributed by atoms with Crippen LogP contribution < -0.4 is 5.32 Å². The lowest BCUT2D eigenvalue weighted by atomic mass is 10.1. The van der Waals surface area contributed by atoms with E-state index in [2.05, 4.69) is 5.32 Å². The first kappa shape index (κ1) is 11.5. The van der Waals surface area contributed by atoms with E-state index in [1.54, 1.807) is 0 Å². The zero-order chi connectivity index (χ0) is 10.6. The van der Waals surface area contributed by atoms with Gasteiger partial charge in [-0.15, -0.1) is 0 Å². The summed E-state index contributed by atoms with van der Waals surface area (Å²) in [5, 5.41) is 21.3. The third-order valence-corrected chi connectivity index (χ3v) is 2.95. The average molecular weight is 201 g/mol. The van der Waals surface area contributed by atoms with Crippen molar-refractivity contribution in [2.24, 2.45) is 5.92 Å². The number of nitrogens with one attached hydrogen (secondary N) is 1. The van der Waals surface area contributed by atoms with Crippen LogP contribution in [-0.2, 0) is 4.79 Å². The van der Waals surface area contributed by atoms with Crippen LogP contribution in [0.15, 0.2) is 0 Å². The highest BCUT2D eigenvalue weighted by molar-refractivity contribution is 5.73. The topological polar surface area (TPSA) is 69.6 Å². The maximum Gasteiger partial charge on any atom is 0.320 e. The van der Waals surface area contributed by atoms with E-state index in [1.807, 2.05) is 6.92 Å². The molecular weight excluding hydrogens is 182 g/mol. The molecule has 0 bridgehead atoms. The molecule has 1 rings (SSSR count). The Morgan fingerprint density at radius 3 is 2.71 bits per heavy atom. The maximum absolute atomic E-state index is 10.7. The Balaban J connectivity index is 2.27. The van der Waals surface area contributed by atoms with Gasteiger partial charge in [-0.2, -0.15) is 0 Å². The third-order valence-electron chi connectivity index (χ3n) is 2.95. The van der Waals surface area contributed by atoms with E-state index in [1.165, 1.54) is 0 Å². The largest absolute Gasteiger partial charge is 0.480 e. The zero-order valence-corrected chi connectivity index (χ0v) is 8.57. The molecule has 0 aromatic rings. The van der Waals surface area contributed by atoms with Crippen molar-refractivity contribution in [1.29, 1.82) is 0 Å². The van der Waals surface area contributed by atoms with Gasteiger partial charge in [0.15, 0.2) is 0 Å². The number of hydrogen-bond acceptors (Lipinski definition) is 3. The highest BCUT2D eigenvalue weighted by atomic mass is 16.4. The van der Waals surface area contributed by atoms with Crippen molar-refractivity contribution < 1.29 is 15.0 Å². The van der Waals surface area contributed by atoms with Crippen LogP contribution in [0.25, 0.3) is 0 Å². The first-order valence-electron chi connectivity index (χ1n) is 5.29.